The van der Waals surface area contributed by atoms with Crippen LogP contribution in [0.3, 0.4) is 0 Å². The molecule has 3 aromatic carbocycles. The molecule has 0 saturated heterocycles. The summed E-state index contributed by atoms with van der Waals surface area (Å²) in [6.45, 7) is 0.823. The van der Waals surface area contributed by atoms with E-state index in [9.17, 15) is 22.4 Å². The zero-order valence-electron chi connectivity index (χ0n) is 19.5. The van der Waals surface area contributed by atoms with Gasteiger partial charge in [0.25, 0.3) is 15.9 Å². The summed E-state index contributed by atoms with van der Waals surface area (Å²) in [7, 11) is -3.01. The molecule has 0 aromatic heterocycles. The summed E-state index contributed by atoms with van der Waals surface area (Å²) >= 11 is 0. The highest BCUT2D eigenvalue weighted by Gasteiger charge is 2.29. The number of para-hydroxylation sites is 1. The van der Waals surface area contributed by atoms with E-state index < -0.39 is 34.3 Å². The lowest BCUT2D eigenvalue weighted by molar-refractivity contribution is -0.142. The monoisotopic (exact) mass is 513 g/mol. The topological polar surface area (TPSA) is 114 Å². The Bertz CT molecular complexity index is 1360. The maximum atomic E-state index is 14.5. The summed E-state index contributed by atoms with van der Waals surface area (Å²) in [4.78, 5) is 23.7. The first-order valence-corrected chi connectivity index (χ1v) is 12.1. The molecule has 0 atom stereocenters. The molecule has 0 radical (unpaired) electrons. The van der Waals surface area contributed by atoms with Crippen LogP contribution in [0.25, 0.3) is 0 Å². The van der Waals surface area contributed by atoms with Crippen molar-refractivity contribution in [2.45, 2.75) is 11.8 Å². The van der Waals surface area contributed by atoms with Crippen molar-refractivity contribution >= 4 is 33.8 Å². The fraction of sp³-hybridized carbons (Fsp3) is 0.160. The minimum absolute atomic E-state index is 0.0866. The van der Waals surface area contributed by atoms with Gasteiger partial charge in [-0.25, -0.2) is 23.0 Å². The molecule has 11 heteroatoms. The Balaban J connectivity index is 1.75. The van der Waals surface area contributed by atoms with Crippen LogP contribution in [0, 0.1) is 12.7 Å². The summed E-state index contributed by atoms with van der Waals surface area (Å²) in [5.74, 6) is -1.75. The van der Waals surface area contributed by atoms with E-state index >= 15 is 0 Å². The van der Waals surface area contributed by atoms with Gasteiger partial charge in [0.05, 0.1) is 23.9 Å². The predicted octanol–water partition coefficient (Wildman–Crippen LogP) is 3.03. The zero-order chi connectivity index (χ0) is 26.1. The first kappa shape index (κ1) is 26.4. The number of carbonyl (C=O) groups is 2. The summed E-state index contributed by atoms with van der Waals surface area (Å²) in [6, 6.07) is 17.8. The fourth-order valence-electron chi connectivity index (χ4n) is 3.02. The zero-order valence-corrected chi connectivity index (χ0v) is 20.4. The molecule has 9 nitrogen and oxygen atoms in total. The maximum absolute atomic E-state index is 14.5. The smallest absolute Gasteiger partial charge is 0.343 e. The molecule has 0 bridgehead atoms. The molecule has 0 saturated carbocycles. The van der Waals surface area contributed by atoms with E-state index in [1.54, 1.807) is 43.3 Å². The molecule has 0 heterocycles. The van der Waals surface area contributed by atoms with Gasteiger partial charge in [-0.15, -0.1) is 0 Å². The standard InChI is InChI=1S/C25H24FN3O6S/c1-18-10-12-21(13-11-18)36(32,33)29(23-9-4-3-8-22(23)26)16-24(30)28-27-15-19-6-5-7-20(14-19)35-17-25(31)34-2/h3-15H,16-17H2,1-2H3,(H,28,30)/b27-15-. The number of amides is 1. The average Bonchev–Trinajstić information content (AvgIpc) is 2.87. The minimum atomic E-state index is -4.26. The van der Waals surface area contributed by atoms with Crippen LogP contribution in [0.15, 0.2) is 82.8 Å². The quantitative estimate of drug-likeness (QED) is 0.253. The fourth-order valence-corrected chi connectivity index (χ4v) is 4.45. The second kappa shape index (κ2) is 11.9. The van der Waals surface area contributed by atoms with Gasteiger partial charge in [-0.1, -0.05) is 42.0 Å². The van der Waals surface area contributed by atoms with Gasteiger partial charge in [-0.05, 0) is 48.9 Å². The Morgan fingerprint density at radius 2 is 1.78 bits per heavy atom. The van der Waals surface area contributed by atoms with Gasteiger partial charge in [0.15, 0.2) is 6.61 Å². The van der Waals surface area contributed by atoms with Crippen LogP contribution in [-0.2, 0) is 24.3 Å². The van der Waals surface area contributed by atoms with Gasteiger partial charge < -0.3 is 9.47 Å². The number of hydrogen-bond donors (Lipinski definition) is 1. The van der Waals surface area contributed by atoms with Gasteiger partial charge in [-0.2, -0.15) is 5.10 Å². The van der Waals surface area contributed by atoms with Crippen molar-refractivity contribution in [1.82, 2.24) is 5.43 Å². The van der Waals surface area contributed by atoms with Crippen LogP contribution >= 0.6 is 0 Å². The van der Waals surface area contributed by atoms with E-state index in [1.807, 2.05) is 0 Å². The normalized spacial score (nSPS) is 11.2. The number of nitrogens with zero attached hydrogens (tertiary/aromatic N) is 2. The van der Waals surface area contributed by atoms with Crippen molar-refractivity contribution in [2.24, 2.45) is 5.10 Å². The number of hydrogen-bond acceptors (Lipinski definition) is 7. The third-order valence-electron chi connectivity index (χ3n) is 4.86. The molecule has 3 aromatic rings. The number of sulfonamides is 1. The van der Waals surface area contributed by atoms with Gasteiger partial charge in [0.2, 0.25) is 0 Å². The number of methoxy groups -OCH3 is 1. The summed E-state index contributed by atoms with van der Waals surface area (Å²) in [5, 5.41) is 3.84. The highest BCUT2D eigenvalue weighted by Crippen LogP contribution is 2.26. The second-order valence-corrected chi connectivity index (χ2v) is 9.37. The molecule has 36 heavy (non-hydrogen) atoms. The van der Waals surface area contributed by atoms with E-state index in [2.05, 4.69) is 15.3 Å². The lowest BCUT2D eigenvalue weighted by atomic mass is 10.2. The van der Waals surface area contributed by atoms with Crippen molar-refractivity contribution < 1.29 is 31.9 Å². The van der Waals surface area contributed by atoms with Gasteiger partial charge >= 0.3 is 5.97 Å². The van der Waals surface area contributed by atoms with Gasteiger partial charge in [0.1, 0.15) is 18.1 Å². The Labute approximate surface area is 208 Å². The number of esters is 1. The largest absolute Gasteiger partial charge is 0.482 e. The molecule has 0 aliphatic rings. The lowest BCUT2D eigenvalue weighted by Crippen LogP contribution is -2.40. The number of aryl methyl sites for hydroxylation is 1. The summed E-state index contributed by atoms with van der Waals surface area (Å²) in [6.07, 6.45) is 1.31. The molecule has 0 fully saturated rings. The van der Waals surface area contributed by atoms with Gasteiger partial charge in [-0.3, -0.25) is 9.10 Å². The highest BCUT2D eigenvalue weighted by atomic mass is 32.2. The number of halogens is 1. The third-order valence-corrected chi connectivity index (χ3v) is 6.64. The lowest BCUT2D eigenvalue weighted by Gasteiger charge is -2.24. The molecular weight excluding hydrogens is 489 g/mol. The Hall–Kier alpha value is -4.25. The average molecular weight is 514 g/mol. The molecule has 188 valence electrons. The van der Waals surface area contributed by atoms with E-state index in [0.29, 0.717) is 15.6 Å². The van der Waals surface area contributed by atoms with Crippen molar-refractivity contribution in [1.29, 1.82) is 0 Å². The number of ether oxygens (including phenoxy) is 2. The van der Waals surface area contributed by atoms with E-state index in [1.165, 1.54) is 43.7 Å². The number of benzene rings is 3. The molecular formula is C25H24FN3O6S. The number of rotatable bonds is 10. The number of anilines is 1. The summed E-state index contributed by atoms with van der Waals surface area (Å²) in [5.41, 5.74) is 3.36. The minimum Gasteiger partial charge on any atom is -0.482 e. The Morgan fingerprint density at radius 1 is 1.06 bits per heavy atom. The highest BCUT2D eigenvalue weighted by molar-refractivity contribution is 7.92. The first-order valence-electron chi connectivity index (χ1n) is 10.7. The number of carbonyl (C=O) groups excluding carboxylic acids is 2. The van der Waals surface area contributed by atoms with E-state index in [0.717, 1.165) is 11.6 Å². The van der Waals surface area contributed by atoms with Crippen molar-refractivity contribution in [3.05, 3.63) is 89.7 Å². The molecule has 3 rings (SSSR count). The van der Waals surface area contributed by atoms with Crippen LogP contribution < -0.4 is 14.5 Å². The van der Waals surface area contributed by atoms with Crippen LogP contribution in [-0.4, -0.2) is 46.8 Å². The molecule has 1 amide bonds. The predicted molar refractivity (Wildman–Crippen MR) is 132 cm³/mol. The van der Waals surface area contributed by atoms with E-state index in [-0.39, 0.29) is 17.2 Å². The molecule has 1 N–H and O–H groups in total. The van der Waals surface area contributed by atoms with Crippen molar-refractivity contribution in [3.63, 3.8) is 0 Å². The van der Waals surface area contributed by atoms with E-state index in [4.69, 9.17) is 4.74 Å². The van der Waals surface area contributed by atoms with Crippen LogP contribution in [0.1, 0.15) is 11.1 Å². The summed E-state index contributed by atoms with van der Waals surface area (Å²) < 4.78 is 51.6. The second-order valence-electron chi connectivity index (χ2n) is 7.51. The first-order chi connectivity index (χ1) is 17.2. The van der Waals surface area contributed by atoms with Crippen molar-refractivity contribution in [3.8, 4) is 5.75 Å². The Kier molecular flexibility index (Phi) is 8.74. The van der Waals surface area contributed by atoms with Crippen LogP contribution in [0.2, 0.25) is 0 Å². The molecule has 0 spiro atoms. The number of nitrogens with one attached hydrogen (secondary N) is 1. The van der Waals surface area contributed by atoms with Crippen LogP contribution in [0.4, 0.5) is 10.1 Å². The number of hydrazone groups is 1. The maximum Gasteiger partial charge on any atom is 0.343 e. The molecule has 0 unspecified atom stereocenters. The van der Waals surface area contributed by atoms with Gasteiger partial charge in [0, 0.05) is 0 Å². The third kappa shape index (κ3) is 6.89. The van der Waals surface area contributed by atoms with Crippen LogP contribution in [0.5, 0.6) is 5.75 Å². The molecule has 0 aliphatic carbocycles. The Morgan fingerprint density at radius 3 is 2.47 bits per heavy atom. The SMILES string of the molecule is COC(=O)COc1cccc(/C=N\NC(=O)CN(c2ccccc2F)S(=O)(=O)c2ccc(C)cc2)c1. The molecule has 0 aliphatic heterocycles. The van der Waals surface area contributed by atoms with Crippen molar-refractivity contribution in [2.75, 3.05) is 24.6 Å².